The van der Waals surface area contributed by atoms with Gasteiger partial charge in [0.15, 0.2) is 0 Å². The van der Waals surface area contributed by atoms with Crippen LogP contribution in [0.3, 0.4) is 0 Å². The fourth-order valence-corrected chi connectivity index (χ4v) is 1.61. The number of halogens is 1. The highest BCUT2D eigenvalue weighted by Crippen LogP contribution is 2.31. The molecule has 4 nitrogen and oxygen atoms in total. The fourth-order valence-electron chi connectivity index (χ4n) is 1.61. The number of nitriles is 1. The van der Waals surface area contributed by atoms with Gasteiger partial charge < -0.3 is 10.4 Å². The quantitative estimate of drug-likeness (QED) is 0.868. The van der Waals surface area contributed by atoms with Crippen molar-refractivity contribution in [3.05, 3.63) is 35.1 Å². The first kappa shape index (κ1) is 16.1. The van der Waals surface area contributed by atoms with Gasteiger partial charge in [-0.1, -0.05) is 12.1 Å². The molecular formula is C15H19FN2O2. The number of carbonyl (C=O) groups is 1. The van der Waals surface area contributed by atoms with E-state index in [4.69, 9.17) is 5.26 Å². The fraction of sp³-hybridized carbons (Fsp3) is 0.467. The van der Waals surface area contributed by atoms with Gasteiger partial charge in [-0.2, -0.15) is 5.26 Å². The molecule has 0 atom stereocenters. The third-order valence-corrected chi connectivity index (χ3v) is 4.02. The van der Waals surface area contributed by atoms with Gasteiger partial charge in [0, 0.05) is 17.6 Å². The number of nitrogens with one attached hydrogen (secondary N) is 1. The van der Waals surface area contributed by atoms with Crippen LogP contribution in [0.15, 0.2) is 18.2 Å². The largest absolute Gasteiger partial charge is 0.481 e. The van der Waals surface area contributed by atoms with E-state index in [2.05, 4.69) is 5.32 Å². The molecule has 0 saturated heterocycles. The Kier molecular flexibility index (Phi) is 4.51. The first-order valence-electron chi connectivity index (χ1n) is 6.29. The van der Waals surface area contributed by atoms with E-state index >= 15 is 0 Å². The predicted octanol–water partition coefficient (Wildman–Crippen LogP) is 2.68. The van der Waals surface area contributed by atoms with Gasteiger partial charge in [-0.15, -0.1) is 0 Å². The number of hydrogen-bond donors (Lipinski definition) is 2. The van der Waals surface area contributed by atoms with Crippen LogP contribution in [0.5, 0.6) is 0 Å². The second-order valence-electron chi connectivity index (χ2n) is 5.80. The molecule has 1 aromatic carbocycles. The van der Waals surface area contributed by atoms with Gasteiger partial charge in [0.25, 0.3) is 0 Å². The second kappa shape index (κ2) is 5.59. The number of carboxylic acids is 1. The molecule has 0 aliphatic heterocycles. The zero-order valence-electron chi connectivity index (χ0n) is 12.1. The summed E-state index contributed by atoms with van der Waals surface area (Å²) in [5.41, 5.74) is -1.43. The van der Waals surface area contributed by atoms with Crippen LogP contribution < -0.4 is 5.32 Å². The maximum absolute atomic E-state index is 13.9. The molecule has 0 bridgehead atoms. The number of hydrogen-bond acceptors (Lipinski definition) is 3. The summed E-state index contributed by atoms with van der Waals surface area (Å²) >= 11 is 0. The molecule has 108 valence electrons. The predicted molar refractivity (Wildman–Crippen MR) is 73.5 cm³/mol. The van der Waals surface area contributed by atoms with Gasteiger partial charge >= 0.3 is 5.97 Å². The molecule has 0 saturated carbocycles. The van der Waals surface area contributed by atoms with E-state index in [1.807, 2.05) is 0 Å². The highest BCUT2D eigenvalue weighted by molar-refractivity contribution is 5.75. The van der Waals surface area contributed by atoms with Crippen molar-refractivity contribution in [1.29, 1.82) is 5.26 Å². The Morgan fingerprint density at radius 3 is 2.50 bits per heavy atom. The lowest BCUT2D eigenvalue weighted by Crippen LogP contribution is -2.54. The molecule has 0 aliphatic rings. The van der Waals surface area contributed by atoms with Crippen LogP contribution in [0, 0.1) is 22.6 Å². The topological polar surface area (TPSA) is 73.1 Å². The van der Waals surface area contributed by atoms with Crippen molar-refractivity contribution in [2.45, 2.75) is 39.8 Å². The van der Waals surface area contributed by atoms with Crippen molar-refractivity contribution < 1.29 is 14.3 Å². The Hall–Kier alpha value is -1.93. The Morgan fingerprint density at radius 2 is 2.00 bits per heavy atom. The summed E-state index contributed by atoms with van der Waals surface area (Å²) in [6.45, 7) is 6.90. The molecule has 0 spiro atoms. The molecule has 0 amide bonds. The van der Waals surface area contributed by atoms with E-state index in [1.54, 1.807) is 45.9 Å². The van der Waals surface area contributed by atoms with Crippen LogP contribution in [0.4, 0.5) is 4.39 Å². The van der Waals surface area contributed by atoms with Gasteiger partial charge in [-0.3, -0.25) is 4.79 Å². The standard InChI is InChI=1S/C15H19FN2O2/c1-14(2,13(19)20)15(3,4)18-9-11-7-5-6-10(8-17)12(11)16/h5-7,18H,9H2,1-4H3,(H,19,20). The first-order chi connectivity index (χ1) is 9.13. The zero-order chi connectivity index (χ0) is 15.6. The Morgan fingerprint density at radius 1 is 1.40 bits per heavy atom. The molecule has 20 heavy (non-hydrogen) atoms. The van der Waals surface area contributed by atoms with E-state index in [1.165, 1.54) is 6.07 Å². The number of carboxylic acid groups (broad SMARTS) is 1. The summed E-state index contributed by atoms with van der Waals surface area (Å²) in [5, 5.41) is 21.1. The average Bonchev–Trinajstić information content (AvgIpc) is 2.37. The summed E-state index contributed by atoms with van der Waals surface area (Å²) in [6, 6.07) is 6.37. The number of nitrogens with zero attached hydrogens (tertiary/aromatic N) is 1. The van der Waals surface area contributed by atoms with Crippen molar-refractivity contribution in [3.63, 3.8) is 0 Å². The Bertz CT molecular complexity index is 559. The van der Waals surface area contributed by atoms with E-state index in [9.17, 15) is 14.3 Å². The molecule has 0 heterocycles. The first-order valence-corrected chi connectivity index (χ1v) is 6.29. The summed E-state index contributed by atoms with van der Waals surface area (Å²) in [6.07, 6.45) is 0. The minimum absolute atomic E-state index is 0.0143. The molecular weight excluding hydrogens is 259 g/mol. The van der Waals surface area contributed by atoms with Crippen LogP contribution in [0.2, 0.25) is 0 Å². The molecule has 0 radical (unpaired) electrons. The molecule has 1 rings (SSSR count). The third kappa shape index (κ3) is 2.97. The second-order valence-corrected chi connectivity index (χ2v) is 5.80. The van der Waals surface area contributed by atoms with Gasteiger partial charge in [-0.05, 0) is 33.8 Å². The molecule has 5 heteroatoms. The summed E-state index contributed by atoms with van der Waals surface area (Å²) < 4.78 is 13.9. The highest BCUT2D eigenvalue weighted by atomic mass is 19.1. The minimum Gasteiger partial charge on any atom is -0.481 e. The lowest BCUT2D eigenvalue weighted by Gasteiger charge is -2.39. The molecule has 0 fully saturated rings. The van der Waals surface area contributed by atoms with Crippen molar-refractivity contribution in [1.82, 2.24) is 5.32 Å². The van der Waals surface area contributed by atoms with Gasteiger partial charge in [-0.25, -0.2) is 4.39 Å². The van der Waals surface area contributed by atoms with E-state index in [-0.39, 0.29) is 12.1 Å². The van der Waals surface area contributed by atoms with Crippen LogP contribution in [-0.2, 0) is 11.3 Å². The normalized spacial score (nSPS) is 12.0. The van der Waals surface area contributed by atoms with Crippen LogP contribution in [0.25, 0.3) is 0 Å². The van der Waals surface area contributed by atoms with Crippen LogP contribution >= 0.6 is 0 Å². The summed E-state index contributed by atoms with van der Waals surface area (Å²) in [5.74, 6) is -1.49. The van der Waals surface area contributed by atoms with Crippen LogP contribution in [0.1, 0.15) is 38.8 Å². The van der Waals surface area contributed by atoms with Crippen molar-refractivity contribution in [3.8, 4) is 6.07 Å². The van der Waals surface area contributed by atoms with Gasteiger partial charge in [0.05, 0.1) is 11.0 Å². The summed E-state index contributed by atoms with van der Waals surface area (Å²) in [4.78, 5) is 11.3. The zero-order valence-corrected chi connectivity index (χ0v) is 12.1. The third-order valence-electron chi connectivity index (χ3n) is 4.02. The Labute approximate surface area is 118 Å². The minimum atomic E-state index is -1.02. The SMILES string of the molecule is CC(C)(NCc1cccc(C#N)c1F)C(C)(C)C(=O)O. The van der Waals surface area contributed by atoms with Crippen molar-refractivity contribution in [2.75, 3.05) is 0 Å². The van der Waals surface area contributed by atoms with Crippen molar-refractivity contribution in [2.24, 2.45) is 5.41 Å². The molecule has 1 aromatic rings. The highest BCUT2D eigenvalue weighted by Gasteiger charge is 2.43. The molecule has 2 N–H and O–H groups in total. The van der Waals surface area contributed by atoms with E-state index in [0.717, 1.165) is 0 Å². The summed E-state index contributed by atoms with van der Waals surface area (Å²) in [7, 11) is 0. The maximum atomic E-state index is 13.9. The molecule has 0 aliphatic carbocycles. The van der Waals surface area contributed by atoms with Crippen molar-refractivity contribution >= 4 is 5.97 Å². The van der Waals surface area contributed by atoms with Crippen LogP contribution in [-0.4, -0.2) is 16.6 Å². The number of aliphatic carboxylic acids is 1. The smallest absolute Gasteiger partial charge is 0.310 e. The van der Waals surface area contributed by atoms with Gasteiger partial charge in [0.2, 0.25) is 0 Å². The van der Waals surface area contributed by atoms with E-state index in [0.29, 0.717) is 5.56 Å². The van der Waals surface area contributed by atoms with Gasteiger partial charge in [0.1, 0.15) is 11.9 Å². The van der Waals surface area contributed by atoms with E-state index < -0.39 is 22.7 Å². The molecule has 0 unspecified atom stereocenters. The maximum Gasteiger partial charge on any atom is 0.310 e. The lowest BCUT2D eigenvalue weighted by molar-refractivity contribution is -0.151. The Balaban J connectivity index is 2.93. The number of rotatable bonds is 5. The number of benzene rings is 1. The monoisotopic (exact) mass is 278 g/mol. The average molecular weight is 278 g/mol. The lowest BCUT2D eigenvalue weighted by atomic mass is 9.74. The molecule has 0 aromatic heterocycles.